The average Bonchev–Trinajstić information content (AvgIpc) is 2.18. The maximum Gasteiger partial charge on any atom is 0.253 e. The minimum atomic E-state index is -0.123. The van der Waals surface area contributed by atoms with Crippen molar-refractivity contribution in [2.24, 2.45) is 0 Å². The Balaban J connectivity index is 2.76. The molecule has 4 heteroatoms. The number of benzene rings is 1. The van der Waals surface area contributed by atoms with Crippen molar-refractivity contribution < 1.29 is 9.53 Å². The van der Waals surface area contributed by atoms with Gasteiger partial charge in [-0.15, -0.1) is 0 Å². The van der Waals surface area contributed by atoms with Gasteiger partial charge in [-0.2, -0.15) is 0 Å². The van der Waals surface area contributed by atoms with Gasteiger partial charge in [0.25, 0.3) is 5.91 Å². The van der Waals surface area contributed by atoms with Gasteiger partial charge in [0.15, 0.2) is 0 Å². The summed E-state index contributed by atoms with van der Waals surface area (Å²) in [4.78, 5) is 11.5. The Morgan fingerprint density at radius 3 is 2.86 bits per heavy atom. The molecule has 0 aliphatic heterocycles. The van der Waals surface area contributed by atoms with Crippen LogP contribution in [0, 0.1) is 6.92 Å². The molecule has 1 aromatic rings. The first kappa shape index (κ1) is 11.2. The van der Waals surface area contributed by atoms with Crippen molar-refractivity contribution >= 4 is 21.8 Å². The first-order valence-electron chi connectivity index (χ1n) is 4.18. The van der Waals surface area contributed by atoms with E-state index >= 15 is 0 Å². The molecule has 0 saturated carbocycles. The van der Waals surface area contributed by atoms with Gasteiger partial charge in [0, 0.05) is 17.1 Å². The average molecular weight is 258 g/mol. The first-order chi connectivity index (χ1) is 6.65. The quantitative estimate of drug-likeness (QED) is 0.843. The summed E-state index contributed by atoms with van der Waals surface area (Å²) in [6.07, 6.45) is 0. The van der Waals surface area contributed by atoms with E-state index in [-0.39, 0.29) is 12.6 Å². The molecule has 0 spiro atoms. The first-order valence-corrected chi connectivity index (χ1v) is 4.97. The van der Waals surface area contributed by atoms with Gasteiger partial charge >= 0.3 is 0 Å². The molecule has 0 unspecified atom stereocenters. The van der Waals surface area contributed by atoms with Crippen LogP contribution < -0.4 is 5.32 Å². The molecule has 0 aromatic heterocycles. The molecule has 14 heavy (non-hydrogen) atoms. The van der Waals surface area contributed by atoms with E-state index in [9.17, 15) is 4.79 Å². The zero-order valence-corrected chi connectivity index (χ0v) is 9.72. The summed E-state index contributed by atoms with van der Waals surface area (Å²) in [6, 6.07) is 5.45. The highest BCUT2D eigenvalue weighted by atomic mass is 79.9. The van der Waals surface area contributed by atoms with E-state index in [1.807, 2.05) is 19.1 Å². The lowest BCUT2D eigenvalue weighted by atomic mass is 10.1. The molecule has 76 valence electrons. The molecule has 0 fully saturated rings. The van der Waals surface area contributed by atoms with E-state index < -0.39 is 0 Å². The van der Waals surface area contributed by atoms with Gasteiger partial charge < -0.3 is 10.1 Å². The van der Waals surface area contributed by atoms with Crippen LogP contribution in [0.5, 0.6) is 0 Å². The second-order valence-electron chi connectivity index (χ2n) is 2.90. The molecule has 1 amide bonds. The van der Waals surface area contributed by atoms with Crippen LogP contribution in [0.3, 0.4) is 0 Å². The fourth-order valence-corrected chi connectivity index (χ4v) is 1.27. The van der Waals surface area contributed by atoms with Crippen LogP contribution in [0.25, 0.3) is 0 Å². The van der Waals surface area contributed by atoms with Gasteiger partial charge in [-0.25, -0.2) is 0 Å². The lowest BCUT2D eigenvalue weighted by molar-refractivity contribution is 0.0872. The molecule has 0 heterocycles. The third kappa shape index (κ3) is 2.82. The minimum absolute atomic E-state index is 0.123. The summed E-state index contributed by atoms with van der Waals surface area (Å²) < 4.78 is 5.75. The zero-order chi connectivity index (χ0) is 10.6. The van der Waals surface area contributed by atoms with Crippen LogP contribution in [0.2, 0.25) is 0 Å². The standard InChI is InChI=1S/C10H12BrNO2/c1-7-5-8(3-4-9(7)11)10(13)12-6-14-2/h3-5H,6H2,1-2H3,(H,12,13). The van der Waals surface area contributed by atoms with Crippen molar-refractivity contribution in [2.75, 3.05) is 13.8 Å². The predicted molar refractivity (Wildman–Crippen MR) is 58.2 cm³/mol. The molecule has 3 nitrogen and oxygen atoms in total. The van der Waals surface area contributed by atoms with E-state index in [0.717, 1.165) is 10.0 Å². The summed E-state index contributed by atoms with van der Waals surface area (Å²) in [5, 5.41) is 2.62. The van der Waals surface area contributed by atoms with Crippen LogP contribution >= 0.6 is 15.9 Å². The molecule has 1 N–H and O–H groups in total. The number of hydrogen-bond acceptors (Lipinski definition) is 2. The maximum atomic E-state index is 11.5. The van der Waals surface area contributed by atoms with Gasteiger partial charge in [-0.1, -0.05) is 15.9 Å². The molecular weight excluding hydrogens is 246 g/mol. The number of carbonyl (C=O) groups excluding carboxylic acids is 1. The number of nitrogens with one attached hydrogen (secondary N) is 1. The van der Waals surface area contributed by atoms with E-state index in [1.165, 1.54) is 7.11 Å². The highest BCUT2D eigenvalue weighted by Gasteiger charge is 2.05. The van der Waals surface area contributed by atoms with E-state index in [0.29, 0.717) is 5.56 Å². The Hall–Kier alpha value is -0.870. The zero-order valence-electron chi connectivity index (χ0n) is 8.13. The Bertz CT molecular complexity index is 339. The summed E-state index contributed by atoms with van der Waals surface area (Å²) >= 11 is 3.37. The molecule has 1 rings (SSSR count). The normalized spacial score (nSPS) is 9.93. The molecular formula is C10H12BrNO2. The Morgan fingerprint density at radius 1 is 1.57 bits per heavy atom. The molecule has 0 bridgehead atoms. The highest BCUT2D eigenvalue weighted by molar-refractivity contribution is 9.10. The minimum Gasteiger partial charge on any atom is -0.364 e. The Morgan fingerprint density at radius 2 is 2.29 bits per heavy atom. The van der Waals surface area contributed by atoms with Gasteiger partial charge in [0.05, 0.1) is 0 Å². The number of carbonyl (C=O) groups is 1. The lowest BCUT2D eigenvalue weighted by Crippen LogP contribution is -2.25. The molecule has 0 aliphatic carbocycles. The van der Waals surface area contributed by atoms with E-state index in [2.05, 4.69) is 21.2 Å². The number of rotatable bonds is 3. The lowest BCUT2D eigenvalue weighted by Gasteiger charge is -2.05. The maximum absolute atomic E-state index is 11.5. The fourth-order valence-electron chi connectivity index (χ4n) is 1.03. The predicted octanol–water partition coefficient (Wildman–Crippen LogP) is 2.09. The molecule has 0 atom stereocenters. The summed E-state index contributed by atoms with van der Waals surface area (Å²) in [6.45, 7) is 2.17. The molecule has 0 radical (unpaired) electrons. The third-order valence-electron chi connectivity index (χ3n) is 1.80. The second-order valence-corrected chi connectivity index (χ2v) is 3.76. The smallest absolute Gasteiger partial charge is 0.253 e. The van der Waals surface area contributed by atoms with Crippen molar-refractivity contribution in [3.8, 4) is 0 Å². The molecule has 0 aliphatic rings. The number of halogens is 1. The van der Waals surface area contributed by atoms with Crippen molar-refractivity contribution in [1.29, 1.82) is 0 Å². The summed E-state index contributed by atoms with van der Waals surface area (Å²) in [7, 11) is 1.53. The van der Waals surface area contributed by atoms with Crippen molar-refractivity contribution in [1.82, 2.24) is 5.32 Å². The van der Waals surface area contributed by atoms with Crippen LogP contribution in [0.15, 0.2) is 22.7 Å². The third-order valence-corrected chi connectivity index (χ3v) is 2.69. The molecule has 0 saturated heterocycles. The van der Waals surface area contributed by atoms with Crippen molar-refractivity contribution in [3.63, 3.8) is 0 Å². The number of amides is 1. The van der Waals surface area contributed by atoms with Crippen LogP contribution in [-0.4, -0.2) is 19.7 Å². The topological polar surface area (TPSA) is 38.3 Å². The van der Waals surface area contributed by atoms with E-state index in [1.54, 1.807) is 6.07 Å². The van der Waals surface area contributed by atoms with Gasteiger partial charge in [0.1, 0.15) is 6.73 Å². The van der Waals surface area contributed by atoms with Crippen LogP contribution in [-0.2, 0) is 4.74 Å². The van der Waals surface area contributed by atoms with Gasteiger partial charge in [0.2, 0.25) is 0 Å². The number of methoxy groups -OCH3 is 1. The Labute approximate surface area is 91.6 Å². The van der Waals surface area contributed by atoms with E-state index in [4.69, 9.17) is 4.74 Å². The van der Waals surface area contributed by atoms with Crippen molar-refractivity contribution in [2.45, 2.75) is 6.92 Å². The van der Waals surface area contributed by atoms with Gasteiger partial charge in [-0.3, -0.25) is 4.79 Å². The summed E-state index contributed by atoms with van der Waals surface area (Å²) in [5.41, 5.74) is 1.68. The number of hydrogen-bond donors (Lipinski definition) is 1. The van der Waals surface area contributed by atoms with Crippen LogP contribution in [0.4, 0.5) is 0 Å². The second kappa shape index (κ2) is 5.12. The van der Waals surface area contributed by atoms with Crippen LogP contribution in [0.1, 0.15) is 15.9 Å². The summed E-state index contributed by atoms with van der Waals surface area (Å²) in [5.74, 6) is -0.123. The largest absolute Gasteiger partial charge is 0.364 e. The number of aryl methyl sites for hydroxylation is 1. The number of ether oxygens (including phenoxy) is 1. The van der Waals surface area contributed by atoms with Crippen molar-refractivity contribution in [3.05, 3.63) is 33.8 Å². The van der Waals surface area contributed by atoms with Gasteiger partial charge in [-0.05, 0) is 30.7 Å². The fraction of sp³-hybridized carbons (Fsp3) is 0.300. The molecule has 1 aromatic carbocycles. The SMILES string of the molecule is COCNC(=O)c1ccc(Br)c(C)c1. The monoisotopic (exact) mass is 257 g/mol. The Kier molecular flexibility index (Phi) is 4.10. The highest BCUT2D eigenvalue weighted by Crippen LogP contribution is 2.16.